The predicted molar refractivity (Wildman–Crippen MR) is 74.2 cm³/mol. The molecular weight excluding hydrogens is 313 g/mol. The Morgan fingerprint density at radius 1 is 1.43 bits per heavy atom. The highest BCUT2D eigenvalue weighted by Gasteiger charge is 2.34. The molecule has 0 aliphatic carbocycles. The number of carbonyl (C=O) groups excluding carboxylic acids is 1. The molecule has 10 heteroatoms. The van der Waals surface area contributed by atoms with E-state index in [1.54, 1.807) is 6.92 Å². The summed E-state index contributed by atoms with van der Waals surface area (Å²) in [7, 11) is 0. The third kappa shape index (κ3) is 4.54. The molecule has 23 heavy (non-hydrogen) atoms. The number of halogens is 3. The molecule has 2 rings (SSSR count). The summed E-state index contributed by atoms with van der Waals surface area (Å²) in [6, 6.07) is 0.981. The van der Waals surface area contributed by atoms with Crippen LogP contribution in [0.15, 0.2) is 18.7 Å². The van der Waals surface area contributed by atoms with E-state index in [-0.39, 0.29) is 24.9 Å². The normalized spacial score (nSPS) is 13.1. The molecule has 126 valence electrons. The lowest BCUT2D eigenvalue weighted by atomic mass is 10.1. The van der Waals surface area contributed by atoms with Gasteiger partial charge in [-0.2, -0.15) is 23.4 Å². The molecule has 2 aromatic rings. The summed E-state index contributed by atoms with van der Waals surface area (Å²) in [6.45, 7) is 4.02. The summed E-state index contributed by atoms with van der Waals surface area (Å²) >= 11 is 0. The van der Waals surface area contributed by atoms with Crippen LogP contribution in [0.5, 0.6) is 0 Å². The number of aryl methyl sites for hydroxylation is 1. The Balaban J connectivity index is 1.82. The van der Waals surface area contributed by atoms with Gasteiger partial charge in [0.2, 0.25) is 5.91 Å². The van der Waals surface area contributed by atoms with Crippen LogP contribution in [0.3, 0.4) is 0 Å². The van der Waals surface area contributed by atoms with Crippen LogP contribution in [0.1, 0.15) is 18.3 Å². The summed E-state index contributed by atoms with van der Waals surface area (Å²) in [4.78, 5) is 15.7. The second kappa shape index (κ2) is 6.80. The molecule has 0 radical (unpaired) electrons. The number of carbonyl (C=O) groups is 1. The van der Waals surface area contributed by atoms with E-state index in [1.807, 2.05) is 0 Å². The smallest absolute Gasteiger partial charge is 0.354 e. The first-order valence-electron chi connectivity index (χ1n) is 6.99. The third-order valence-corrected chi connectivity index (χ3v) is 3.27. The van der Waals surface area contributed by atoms with Gasteiger partial charge in [-0.25, -0.2) is 4.98 Å². The van der Waals surface area contributed by atoms with Crippen LogP contribution in [0.25, 0.3) is 0 Å². The molecule has 0 aromatic carbocycles. The van der Waals surface area contributed by atoms with Crippen molar-refractivity contribution in [3.63, 3.8) is 0 Å². The van der Waals surface area contributed by atoms with Gasteiger partial charge < -0.3 is 5.32 Å². The average Bonchev–Trinajstić information content (AvgIpc) is 3.08. The molecular formula is C13H17F3N6O. The van der Waals surface area contributed by atoms with Crippen molar-refractivity contribution in [1.82, 2.24) is 29.9 Å². The molecule has 1 unspecified atom stereocenters. The van der Waals surface area contributed by atoms with Gasteiger partial charge in [0, 0.05) is 12.2 Å². The Morgan fingerprint density at radius 3 is 2.74 bits per heavy atom. The van der Waals surface area contributed by atoms with Crippen LogP contribution in [-0.4, -0.2) is 37.0 Å². The van der Waals surface area contributed by atoms with Crippen molar-refractivity contribution in [2.24, 2.45) is 5.92 Å². The number of hydrogen-bond acceptors (Lipinski definition) is 4. The van der Waals surface area contributed by atoms with E-state index in [1.165, 1.54) is 28.9 Å². The Morgan fingerprint density at radius 2 is 2.17 bits per heavy atom. The fourth-order valence-electron chi connectivity index (χ4n) is 2.02. The van der Waals surface area contributed by atoms with Gasteiger partial charge in [0.15, 0.2) is 5.69 Å². The van der Waals surface area contributed by atoms with Crippen molar-refractivity contribution in [3.05, 3.63) is 30.1 Å². The number of hydrogen-bond donors (Lipinski definition) is 1. The van der Waals surface area contributed by atoms with Crippen LogP contribution in [-0.2, 0) is 24.1 Å². The molecule has 1 N–H and O–H groups in total. The molecule has 2 aromatic heterocycles. The molecule has 0 saturated carbocycles. The van der Waals surface area contributed by atoms with Gasteiger partial charge in [0.25, 0.3) is 0 Å². The molecule has 0 saturated heterocycles. The van der Waals surface area contributed by atoms with Crippen molar-refractivity contribution < 1.29 is 18.0 Å². The van der Waals surface area contributed by atoms with Crippen molar-refractivity contribution in [1.29, 1.82) is 0 Å². The number of aromatic nitrogens is 5. The van der Waals surface area contributed by atoms with Crippen LogP contribution in [0, 0.1) is 12.8 Å². The van der Waals surface area contributed by atoms with Crippen LogP contribution in [0.2, 0.25) is 0 Å². The summed E-state index contributed by atoms with van der Waals surface area (Å²) in [5, 5.41) is 10.1. The maximum atomic E-state index is 12.6. The minimum Gasteiger partial charge on any atom is -0.354 e. The van der Waals surface area contributed by atoms with Gasteiger partial charge in [-0.3, -0.25) is 14.2 Å². The molecule has 0 aliphatic heterocycles. The monoisotopic (exact) mass is 330 g/mol. The summed E-state index contributed by atoms with van der Waals surface area (Å²) in [5.74, 6) is -0.539. The van der Waals surface area contributed by atoms with Crippen molar-refractivity contribution in [3.8, 4) is 0 Å². The topological polar surface area (TPSA) is 77.6 Å². The van der Waals surface area contributed by atoms with Crippen molar-refractivity contribution in [2.75, 3.05) is 6.54 Å². The highest BCUT2D eigenvalue weighted by Crippen LogP contribution is 2.28. The largest absolute Gasteiger partial charge is 0.435 e. The van der Waals surface area contributed by atoms with E-state index in [9.17, 15) is 18.0 Å². The molecule has 0 fully saturated rings. The number of nitrogens with one attached hydrogen (secondary N) is 1. The van der Waals surface area contributed by atoms with Crippen LogP contribution in [0.4, 0.5) is 13.2 Å². The Hall–Kier alpha value is -2.39. The molecule has 2 heterocycles. The first-order valence-corrected chi connectivity index (χ1v) is 6.99. The fourth-order valence-corrected chi connectivity index (χ4v) is 2.02. The van der Waals surface area contributed by atoms with Gasteiger partial charge >= 0.3 is 6.18 Å². The first-order chi connectivity index (χ1) is 10.8. The second-order valence-corrected chi connectivity index (χ2v) is 5.20. The number of nitrogens with zero attached hydrogens (tertiary/aromatic N) is 5. The van der Waals surface area contributed by atoms with E-state index in [2.05, 4.69) is 20.5 Å². The SMILES string of the molecule is Cc1cc(C(F)(F)F)nn1CCNC(=O)C(C)Cn1cncn1. The fraction of sp³-hybridized carbons (Fsp3) is 0.538. The lowest BCUT2D eigenvalue weighted by molar-refractivity contribution is -0.141. The molecule has 0 spiro atoms. The summed E-state index contributed by atoms with van der Waals surface area (Å²) in [5.41, 5.74) is -0.539. The maximum Gasteiger partial charge on any atom is 0.435 e. The third-order valence-electron chi connectivity index (χ3n) is 3.27. The van der Waals surface area contributed by atoms with Gasteiger partial charge in [0.1, 0.15) is 12.7 Å². The highest BCUT2D eigenvalue weighted by atomic mass is 19.4. The van der Waals surface area contributed by atoms with Crippen LogP contribution < -0.4 is 5.32 Å². The summed E-state index contributed by atoms with van der Waals surface area (Å²) in [6.07, 6.45) is -1.58. The first kappa shape index (κ1) is 17.0. The number of amides is 1. The number of rotatable bonds is 6. The highest BCUT2D eigenvalue weighted by molar-refractivity contribution is 5.78. The Bertz CT molecular complexity index is 649. The quantitative estimate of drug-likeness (QED) is 0.865. The van der Waals surface area contributed by atoms with Gasteiger partial charge in [-0.15, -0.1) is 0 Å². The van der Waals surface area contributed by atoms with E-state index >= 15 is 0 Å². The van der Waals surface area contributed by atoms with E-state index in [0.29, 0.717) is 12.2 Å². The van der Waals surface area contributed by atoms with E-state index < -0.39 is 11.9 Å². The zero-order chi connectivity index (χ0) is 17.0. The lowest BCUT2D eigenvalue weighted by Gasteiger charge is -2.12. The van der Waals surface area contributed by atoms with Gasteiger partial charge in [-0.05, 0) is 13.0 Å². The zero-order valence-corrected chi connectivity index (χ0v) is 12.7. The Kier molecular flexibility index (Phi) is 5.02. The van der Waals surface area contributed by atoms with Gasteiger partial charge in [-0.1, -0.05) is 6.92 Å². The number of alkyl halides is 3. The molecule has 1 atom stereocenters. The molecule has 1 amide bonds. The molecule has 7 nitrogen and oxygen atoms in total. The standard InChI is InChI=1S/C13H17F3N6O/c1-9(6-21-8-17-7-19-21)12(23)18-3-4-22-10(2)5-11(20-22)13(14,15)16/h5,7-9H,3-4,6H2,1-2H3,(H,18,23). The van der Waals surface area contributed by atoms with Gasteiger partial charge in [0.05, 0.1) is 19.0 Å². The van der Waals surface area contributed by atoms with Crippen LogP contribution >= 0.6 is 0 Å². The average molecular weight is 330 g/mol. The van der Waals surface area contributed by atoms with Crippen molar-refractivity contribution >= 4 is 5.91 Å². The lowest BCUT2D eigenvalue weighted by Crippen LogP contribution is -2.34. The second-order valence-electron chi connectivity index (χ2n) is 5.20. The minimum absolute atomic E-state index is 0.170. The minimum atomic E-state index is -4.47. The van der Waals surface area contributed by atoms with Crippen molar-refractivity contribution in [2.45, 2.75) is 33.1 Å². The maximum absolute atomic E-state index is 12.6. The molecule has 0 aliphatic rings. The summed E-state index contributed by atoms with van der Waals surface area (Å²) < 4.78 is 40.4. The predicted octanol–water partition coefficient (Wildman–Crippen LogP) is 1.25. The van der Waals surface area contributed by atoms with E-state index in [0.717, 1.165) is 6.07 Å². The Labute approximate surface area is 130 Å². The van der Waals surface area contributed by atoms with E-state index in [4.69, 9.17) is 0 Å². The molecule has 0 bridgehead atoms. The zero-order valence-electron chi connectivity index (χ0n) is 12.7.